The van der Waals surface area contributed by atoms with Crippen molar-refractivity contribution in [2.45, 2.75) is 6.82 Å². The summed E-state index contributed by atoms with van der Waals surface area (Å²) in [5.41, 5.74) is 0. The van der Waals surface area contributed by atoms with Crippen molar-refractivity contribution in [3.63, 3.8) is 0 Å². The van der Waals surface area contributed by atoms with Crippen molar-refractivity contribution in [1.29, 1.82) is 0 Å². The molecule has 0 fully saturated rings. The van der Waals surface area contributed by atoms with Crippen LogP contribution in [0.25, 0.3) is 0 Å². The molecule has 4 heavy (non-hydrogen) atoms. The maximum atomic E-state index is 4.50. The molecule has 0 unspecified atom stereocenters. The molecule has 0 aliphatic rings. The molecule has 0 rings (SSSR count). The van der Waals surface area contributed by atoms with E-state index in [0.29, 0.717) is 0 Å². The van der Waals surface area contributed by atoms with Gasteiger partial charge in [-0.1, -0.05) is 6.82 Å². The van der Waals surface area contributed by atoms with Gasteiger partial charge in [0.05, 0.1) is 7.85 Å². The zero-order chi connectivity index (χ0) is 2.00. The molecule has 0 heterocycles. The first kappa shape index (κ1) is 19.1. The van der Waals surface area contributed by atoms with Crippen LogP contribution >= 0.6 is 0 Å². The molecule has 0 bridgehead atoms. The molecule has 0 spiro atoms. The van der Waals surface area contributed by atoms with E-state index in [-0.39, 0.29) is 40.1 Å². The van der Waals surface area contributed by atoms with Gasteiger partial charge in [-0.3, -0.25) is 0 Å². The van der Waals surface area contributed by atoms with Crippen molar-refractivity contribution >= 4 is 7.85 Å². The predicted octanol–water partition coefficient (Wildman–Crippen LogP) is 0.651. The second-order valence-electron chi connectivity index (χ2n) is 0. The van der Waals surface area contributed by atoms with E-state index >= 15 is 0 Å². The maximum Gasteiger partial charge on any atom is 0.0606 e. The van der Waals surface area contributed by atoms with Crippen LogP contribution < -0.4 is 0 Å². The van der Waals surface area contributed by atoms with Crippen molar-refractivity contribution in [3.8, 4) is 0 Å². The molecule has 0 atom stereocenters. The van der Waals surface area contributed by atoms with Gasteiger partial charge in [0.1, 0.15) is 0 Å². The predicted molar refractivity (Wildman–Crippen MR) is 18.0 cm³/mol. The topological polar surface area (TPSA) is 0 Å². The molecule has 0 aromatic rings. The summed E-state index contributed by atoms with van der Waals surface area (Å²) < 4.78 is 0. The smallest absolute Gasteiger partial charge is 0.0606 e. The summed E-state index contributed by atoms with van der Waals surface area (Å²) in [7, 11) is 4.50. The summed E-state index contributed by atoms with van der Waals surface area (Å²) in [4.78, 5) is 0. The fourth-order valence-electron chi connectivity index (χ4n) is 0. The number of hydrogen-bond donors (Lipinski definition) is 0. The van der Waals surface area contributed by atoms with E-state index in [1.807, 2.05) is 0 Å². The van der Waals surface area contributed by atoms with Crippen molar-refractivity contribution in [1.82, 2.24) is 0 Å². The molecule has 0 aliphatic heterocycles. The first-order valence-electron chi connectivity index (χ1n) is 0.577. The van der Waals surface area contributed by atoms with Crippen LogP contribution in [0.15, 0.2) is 0 Å². The molecule has 0 aromatic carbocycles. The van der Waals surface area contributed by atoms with E-state index in [2.05, 4.69) is 7.85 Å². The van der Waals surface area contributed by atoms with Gasteiger partial charge in [0.15, 0.2) is 0 Å². The van der Waals surface area contributed by atoms with Crippen LogP contribution in [-0.2, 0) is 32.7 Å². The Morgan fingerprint density at radius 2 is 1.25 bits per heavy atom. The fraction of sp³-hybridized carbons (Fsp3) is 0.500. The van der Waals surface area contributed by atoms with Crippen molar-refractivity contribution in [3.05, 3.63) is 7.43 Å². The molecular formula is C2H6BY-. The van der Waals surface area contributed by atoms with E-state index in [1.54, 1.807) is 0 Å². The van der Waals surface area contributed by atoms with Gasteiger partial charge in [0, 0.05) is 32.7 Å². The maximum absolute atomic E-state index is 4.50. The van der Waals surface area contributed by atoms with E-state index in [9.17, 15) is 0 Å². The monoisotopic (exact) mass is 130 g/mol. The Labute approximate surface area is 54.6 Å². The molecule has 2 heteroatoms. The Balaban J connectivity index is -0.00000000500. The largest absolute Gasteiger partial charge is 0.358 e. The summed E-state index contributed by atoms with van der Waals surface area (Å²) >= 11 is 0. The SMILES string of the molecule is [B]C.[CH3-].[Y]. The first-order chi connectivity index (χ1) is 1.00. The van der Waals surface area contributed by atoms with E-state index in [0.717, 1.165) is 0 Å². The molecule has 0 nitrogen and oxygen atoms in total. The van der Waals surface area contributed by atoms with Gasteiger partial charge in [-0.05, 0) is 0 Å². The Morgan fingerprint density at radius 1 is 1.25 bits per heavy atom. The Bertz CT molecular complexity index is 6.00. The molecule has 0 aromatic heterocycles. The second-order valence-corrected chi connectivity index (χ2v) is 0. The molecule has 3 radical (unpaired) electrons. The molecule has 0 saturated carbocycles. The third-order valence-electron chi connectivity index (χ3n) is 0. The number of rotatable bonds is 0. The summed E-state index contributed by atoms with van der Waals surface area (Å²) in [6, 6.07) is 0. The van der Waals surface area contributed by atoms with Crippen LogP contribution in [0.5, 0.6) is 0 Å². The quantitative estimate of drug-likeness (QED) is 0.333. The Hall–Kier alpha value is 1.17. The molecule has 0 saturated heterocycles. The molecule has 21 valence electrons. The summed E-state index contributed by atoms with van der Waals surface area (Å²) in [6.45, 7) is 1.50. The van der Waals surface area contributed by atoms with Gasteiger partial charge in [-0.15, -0.1) is 0 Å². The number of hydrogen-bond acceptors (Lipinski definition) is 0. The van der Waals surface area contributed by atoms with Gasteiger partial charge in [-0.2, -0.15) is 0 Å². The minimum atomic E-state index is 0. The van der Waals surface area contributed by atoms with Gasteiger partial charge < -0.3 is 7.43 Å². The van der Waals surface area contributed by atoms with E-state index < -0.39 is 0 Å². The van der Waals surface area contributed by atoms with Crippen LogP contribution in [0.4, 0.5) is 0 Å². The second kappa shape index (κ2) is 30.6. The average Bonchev–Trinajstić information content (AvgIpc) is 1.00. The minimum absolute atomic E-state index is 0. The minimum Gasteiger partial charge on any atom is -0.358 e. The summed E-state index contributed by atoms with van der Waals surface area (Å²) in [6.07, 6.45) is 0. The van der Waals surface area contributed by atoms with Gasteiger partial charge in [-0.25, -0.2) is 0 Å². The van der Waals surface area contributed by atoms with Crippen molar-refractivity contribution < 1.29 is 32.7 Å². The average molecular weight is 130 g/mol. The Morgan fingerprint density at radius 3 is 1.25 bits per heavy atom. The summed E-state index contributed by atoms with van der Waals surface area (Å²) in [5.74, 6) is 0. The van der Waals surface area contributed by atoms with Crippen LogP contribution in [0.3, 0.4) is 0 Å². The van der Waals surface area contributed by atoms with Crippen molar-refractivity contribution in [2.24, 2.45) is 0 Å². The standard InChI is InChI=1S/CH3B.CH3.Y/c1-2;;/h1H3;1H3;/q;-1;. The van der Waals surface area contributed by atoms with Gasteiger partial charge in [0.2, 0.25) is 0 Å². The van der Waals surface area contributed by atoms with Crippen LogP contribution in [0, 0.1) is 7.43 Å². The van der Waals surface area contributed by atoms with Gasteiger partial charge >= 0.3 is 0 Å². The van der Waals surface area contributed by atoms with E-state index in [1.165, 1.54) is 6.82 Å². The zero-order valence-corrected chi connectivity index (χ0v) is 5.99. The van der Waals surface area contributed by atoms with Crippen LogP contribution in [0.1, 0.15) is 0 Å². The van der Waals surface area contributed by atoms with Crippen LogP contribution in [-0.4, -0.2) is 7.85 Å². The third-order valence-corrected chi connectivity index (χ3v) is 0. The normalized spacial score (nSPS) is 1.25. The molecule has 0 N–H and O–H groups in total. The zero-order valence-electron chi connectivity index (χ0n) is 3.15. The summed E-state index contributed by atoms with van der Waals surface area (Å²) in [5, 5.41) is 0. The van der Waals surface area contributed by atoms with Crippen molar-refractivity contribution in [2.75, 3.05) is 0 Å². The Kier molecular flexibility index (Phi) is 146. The third kappa shape index (κ3) is 10.9. The molecular weight excluding hydrogens is 124 g/mol. The molecule has 0 aliphatic carbocycles. The fourth-order valence-corrected chi connectivity index (χ4v) is 0. The van der Waals surface area contributed by atoms with Gasteiger partial charge in [0.25, 0.3) is 0 Å². The van der Waals surface area contributed by atoms with Crippen LogP contribution in [0.2, 0.25) is 6.82 Å². The molecule has 0 amide bonds. The van der Waals surface area contributed by atoms with E-state index in [4.69, 9.17) is 0 Å². The first-order valence-corrected chi connectivity index (χ1v) is 0.577.